The summed E-state index contributed by atoms with van der Waals surface area (Å²) in [6.45, 7) is 5.84. The van der Waals surface area contributed by atoms with Crippen molar-refractivity contribution in [3.63, 3.8) is 0 Å². The number of primary amides is 1. The van der Waals surface area contributed by atoms with E-state index in [9.17, 15) is 9.59 Å². The van der Waals surface area contributed by atoms with E-state index in [0.717, 1.165) is 42.5 Å². The van der Waals surface area contributed by atoms with Crippen molar-refractivity contribution in [2.75, 3.05) is 6.61 Å². The van der Waals surface area contributed by atoms with Crippen LogP contribution in [0.5, 0.6) is 0 Å². The van der Waals surface area contributed by atoms with Crippen LogP contribution in [0, 0.1) is 19.8 Å². The van der Waals surface area contributed by atoms with E-state index < -0.39 is 5.91 Å². The van der Waals surface area contributed by atoms with E-state index in [1.807, 2.05) is 32.0 Å². The summed E-state index contributed by atoms with van der Waals surface area (Å²) in [5, 5.41) is 0.684. The minimum absolute atomic E-state index is 0.103. The molecule has 0 saturated heterocycles. The standard InChI is InChI=1S/C23H28ClN3O3/c1-4-30-20(28)11-15-5-7-16(8-6-15)18-10-9-17(12-19(18)24)21-13(2)26-14(3)22(27-21)23(25)29/h9-10,12,15-16H,4-8,11H2,1-3H3,(H2,25,29)/t15-,16+. The fourth-order valence-electron chi connectivity index (χ4n) is 4.28. The van der Waals surface area contributed by atoms with Gasteiger partial charge in [0.25, 0.3) is 5.91 Å². The third-order valence-electron chi connectivity index (χ3n) is 5.80. The Balaban J connectivity index is 1.75. The van der Waals surface area contributed by atoms with Gasteiger partial charge in [0.1, 0.15) is 5.69 Å². The van der Waals surface area contributed by atoms with Gasteiger partial charge in [0.2, 0.25) is 0 Å². The Kier molecular flexibility index (Phi) is 7.08. The Bertz CT molecular complexity index is 953. The molecule has 1 aliphatic rings. The molecule has 0 spiro atoms. The summed E-state index contributed by atoms with van der Waals surface area (Å²) in [4.78, 5) is 32.2. The van der Waals surface area contributed by atoms with Crippen LogP contribution in [0.1, 0.15) is 72.4 Å². The third kappa shape index (κ3) is 4.98. The van der Waals surface area contributed by atoms with Gasteiger partial charge in [0, 0.05) is 17.0 Å². The zero-order valence-electron chi connectivity index (χ0n) is 17.7. The number of aromatic nitrogens is 2. The molecule has 0 atom stereocenters. The van der Waals surface area contributed by atoms with Crippen LogP contribution in [0.25, 0.3) is 11.3 Å². The van der Waals surface area contributed by atoms with E-state index in [4.69, 9.17) is 22.1 Å². The summed E-state index contributed by atoms with van der Waals surface area (Å²) in [7, 11) is 0. The minimum Gasteiger partial charge on any atom is -0.466 e. The first-order chi connectivity index (χ1) is 14.3. The van der Waals surface area contributed by atoms with Crippen molar-refractivity contribution in [2.45, 2.75) is 58.8 Å². The van der Waals surface area contributed by atoms with Gasteiger partial charge >= 0.3 is 5.97 Å². The van der Waals surface area contributed by atoms with Gasteiger partial charge in [0.15, 0.2) is 0 Å². The Morgan fingerprint density at radius 3 is 2.43 bits per heavy atom. The number of nitrogens with two attached hydrogens (primary N) is 1. The first-order valence-electron chi connectivity index (χ1n) is 10.4. The summed E-state index contributed by atoms with van der Waals surface area (Å²) in [5.41, 5.74) is 9.38. The molecule has 30 heavy (non-hydrogen) atoms. The number of carbonyl (C=O) groups excluding carboxylic acids is 2. The second kappa shape index (κ2) is 9.56. The molecule has 6 nitrogen and oxygen atoms in total. The van der Waals surface area contributed by atoms with Crippen LogP contribution in [0.3, 0.4) is 0 Å². The highest BCUT2D eigenvalue weighted by atomic mass is 35.5. The quantitative estimate of drug-likeness (QED) is 0.669. The Labute approximate surface area is 182 Å². The zero-order chi connectivity index (χ0) is 21.8. The number of rotatable bonds is 6. The lowest BCUT2D eigenvalue weighted by atomic mass is 9.77. The van der Waals surface area contributed by atoms with Gasteiger partial charge in [-0.1, -0.05) is 23.7 Å². The molecule has 1 aliphatic carbocycles. The topological polar surface area (TPSA) is 95.2 Å². The van der Waals surface area contributed by atoms with Crippen molar-refractivity contribution >= 4 is 23.5 Å². The number of amides is 1. The smallest absolute Gasteiger partial charge is 0.306 e. The lowest BCUT2D eigenvalue weighted by Gasteiger charge is -2.29. The van der Waals surface area contributed by atoms with Crippen molar-refractivity contribution in [2.24, 2.45) is 11.7 Å². The first-order valence-corrected chi connectivity index (χ1v) is 10.8. The number of ether oxygens (including phenoxy) is 1. The van der Waals surface area contributed by atoms with Gasteiger partial charge in [-0.05, 0) is 69.9 Å². The lowest BCUT2D eigenvalue weighted by Crippen LogP contribution is -2.18. The van der Waals surface area contributed by atoms with Gasteiger partial charge in [-0.15, -0.1) is 0 Å². The number of benzene rings is 1. The molecule has 1 aromatic carbocycles. The SMILES string of the molecule is CCOC(=O)C[C@H]1CC[C@@H](c2ccc(-c3nc(C(N)=O)c(C)nc3C)cc2Cl)CC1. The number of hydrogen-bond donors (Lipinski definition) is 1. The number of carbonyl (C=O) groups is 2. The Morgan fingerprint density at radius 2 is 1.83 bits per heavy atom. The molecule has 1 amide bonds. The summed E-state index contributed by atoms with van der Waals surface area (Å²) >= 11 is 6.65. The van der Waals surface area contributed by atoms with Crippen molar-refractivity contribution in [1.29, 1.82) is 0 Å². The number of halogens is 1. The van der Waals surface area contributed by atoms with Gasteiger partial charge in [0.05, 0.1) is 23.7 Å². The van der Waals surface area contributed by atoms with Crippen molar-refractivity contribution in [1.82, 2.24) is 9.97 Å². The van der Waals surface area contributed by atoms with Crippen LogP contribution in [0.15, 0.2) is 18.2 Å². The molecule has 1 saturated carbocycles. The molecular formula is C23H28ClN3O3. The number of esters is 1. The van der Waals surface area contributed by atoms with Crippen LogP contribution < -0.4 is 5.73 Å². The average molecular weight is 430 g/mol. The van der Waals surface area contributed by atoms with Gasteiger partial charge in [-0.2, -0.15) is 0 Å². The zero-order valence-corrected chi connectivity index (χ0v) is 18.5. The molecular weight excluding hydrogens is 402 g/mol. The maximum atomic E-state index is 11.7. The first kappa shape index (κ1) is 22.2. The number of nitrogens with zero attached hydrogens (tertiary/aromatic N) is 2. The highest BCUT2D eigenvalue weighted by molar-refractivity contribution is 6.31. The predicted octanol–water partition coefficient (Wildman–Crippen LogP) is 4.74. The molecule has 0 bridgehead atoms. The van der Waals surface area contributed by atoms with Gasteiger partial charge < -0.3 is 10.5 Å². The number of aryl methyl sites for hydroxylation is 2. The van der Waals surface area contributed by atoms with Crippen LogP contribution in [0.2, 0.25) is 5.02 Å². The fourth-order valence-corrected chi connectivity index (χ4v) is 4.61. The molecule has 7 heteroatoms. The maximum absolute atomic E-state index is 11.7. The summed E-state index contributed by atoms with van der Waals surface area (Å²) in [6.07, 6.45) is 4.48. The minimum atomic E-state index is -0.594. The van der Waals surface area contributed by atoms with E-state index in [0.29, 0.717) is 41.3 Å². The highest BCUT2D eigenvalue weighted by Gasteiger charge is 2.26. The Hall–Kier alpha value is -2.47. The second-order valence-corrected chi connectivity index (χ2v) is 8.33. The molecule has 2 aromatic rings. The molecule has 0 unspecified atom stereocenters. The van der Waals surface area contributed by atoms with E-state index in [1.165, 1.54) is 0 Å². The van der Waals surface area contributed by atoms with Gasteiger partial charge in [-0.25, -0.2) is 4.98 Å². The van der Waals surface area contributed by atoms with Crippen molar-refractivity contribution < 1.29 is 14.3 Å². The van der Waals surface area contributed by atoms with E-state index in [1.54, 1.807) is 6.92 Å². The maximum Gasteiger partial charge on any atom is 0.306 e. The van der Waals surface area contributed by atoms with Crippen LogP contribution in [-0.4, -0.2) is 28.5 Å². The van der Waals surface area contributed by atoms with E-state index >= 15 is 0 Å². The van der Waals surface area contributed by atoms with Crippen molar-refractivity contribution in [3.05, 3.63) is 45.9 Å². The fraction of sp³-hybridized carbons (Fsp3) is 0.478. The molecule has 1 fully saturated rings. The predicted molar refractivity (Wildman–Crippen MR) is 116 cm³/mol. The largest absolute Gasteiger partial charge is 0.466 e. The Morgan fingerprint density at radius 1 is 1.13 bits per heavy atom. The summed E-state index contributed by atoms with van der Waals surface area (Å²) in [6, 6.07) is 5.90. The molecule has 0 aliphatic heterocycles. The lowest BCUT2D eigenvalue weighted by molar-refractivity contribution is -0.144. The molecule has 1 aromatic heterocycles. The monoisotopic (exact) mass is 429 g/mol. The molecule has 2 N–H and O–H groups in total. The van der Waals surface area contributed by atoms with Crippen LogP contribution in [-0.2, 0) is 9.53 Å². The van der Waals surface area contributed by atoms with Crippen molar-refractivity contribution in [3.8, 4) is 11.3 Å². The second-order valence-electron chi connectivity index (χ2n) is 7.92. The normalized spacial score (nSPS) is 18.8. The molecule has 160 valence electrons. The third-order valence-corrected chi connectivity index (χ3v) is 6.13. The van der Waals surface area contributed by atoms with E-state index in [2.05, 4.69) is 9.97 Å². The molecule has 0 radical (unpaired) electrons. The summed E-state index contributed by atoms with van der Waals surface area (Å²) < 4.78 is 5.07. The molecule has 1 heterocycles. The highest BCUT2D eigenvalue weighted by Crippen LogP contribution is 2.40. The van der Waals surface area contributed by atoms with Gasteiger partial charge in [-0.3, -0.25) is 14.6 Å². The number of hydrogen-bond acceptors (Lipinski definition) is 5. The summed E-state index contributed by atoms with van der Waals surface area (Å²) in [5.74, 6) is 0.0595. The van der Waals surface area contributed by atoms with E-state index in [-0.39, 0.29) is 11.7 Å². The van der Waals surface area contributed by atoms with Crippen LogP contribution in [0.4, 0.5) is 0 Å². The molecule has 3 rings (SSSR count). The average Bonchev–Trinajstić information content (AvgIpc) is 2.68. The van der Waals surface area contributed by atoms with Crippen LogP contribution >= 0.6 is 11.6 Å².